The van der Waals surface area contributed by atoms with E-state index >= 15 is 0 Å². The Balaban J connectivity index is 1.24. The third-order valence-electron chi connectivity index (χ3n) is 11.0. The van der Waals surface area contributed by atoms with Crippen molar-refractivity contribution in [3.63, 3.8) is 0 Å². The second-order valence-corrected chi connectivity index (χ2v) is 14.0. The summed E-state index contributed by atoms with van der Waals surface area (Å²) in [5.41, 5.74) is -2.84. The number of benzene rings is 2. The molecule has 0 saturated carbocycles. The molecule has 3 saturated heterocycles. The molecule has 1 aliphatic carbocycles. The van der Waals surface area contributed by atoms with Crippen LogP contribution in [0.25, 0.3) is 11.0 Å². The van der Waals surface area contributed by atoms with Crippen molar-refractivity contribution in [1.82, 2.24) is 5.32 Å². The Morgan fingerprint density at radius 1 is 0.959 bits per heavy atom. The molecule has 7 rings (SSSR count). The molecule has 3 fully saturated rings. The van der Waals surface area contributed by atoms with E-state index in [1.165, 1.54) is 19.2 Å². The van der Waals surface area contributed by atoms with Crippen molar-refractivity contribution in [3.05, 3.63) is 68.1 Å². The summed E-state index contributed by atoms with van der Waals surface area (Å²) in [5.74, 6) is -2.12. The lowest BCUT2D eigenvalue weighted by Crippen LogP contribution is -2.62. The van der Waals surface area contributed by atoms with Crippen LogP contribution in [0, 0.1) is 0 Å². The Morgan fingerprint density at radius 3 is 2.33 bits per heavy atom. The standard InChI is InChI=1S/C36H41NO12/c1-14-29(40)22(44-7)12-25(46-14)48-34-15(2)45-23(13-35(34,4)37-6)17-8-9-18-26(31(17)42)32(43)27-19(30(18)41)10-20(38)28-21(39)11-24(47-33(27)28)36(5)16(3)49-36/h8-11,14-16,22-23,25,29,34,37-38,40,42H,12-13H2,1-7H3/t14-,15+,16-,22+,23-,25+,29+,34+,35-,36-/m0/s1. The number of hydrogen-bond acceptors (Lipinski definition) is 13. The van der Waals surface area contributed by atoms with E-state index in [9.17, 15) is 29.7 Å². The number of phenols is 2. The fourth-order valence-corrected chi connectivity index (χ4v) is 7.69. The van der Waals surface area contributed by atoms with E-state index in [0.717, 1.165) is 6.07 Å². The third kappa shape index (κ3) is 5.13. The largest absolute Gasteiger partial charge is 0.507 e. The molecule has 49 heavy (non-hydrogen) atoms. The fraction of sp³-hybridized carbons (Fsp3) is 0.528. The van der Waals surface area contributed by atoms with E-state index in [2.05, 4.69) is 5.32 Å². The molecular weight excluding hydrogens is 638 g/mol. The third-order valence-corrected chi connectivity index (χ3v) is 11.0. The van der Waals surface area contributed by atoms with E-state index in [4.69, 9.17) is 28.1 Å². The number of methoxy groups -OCH3 is 1. The summed E-state index contributed by atoms with van der Waals surface area (Å²) in [6.07, 6.45) is -3.86. The van der Waals surface area contributed by atoms with Crippen LogP contribution in [0.1, 0.15) is 96.7 Å². The van der Waals surface area contributed by atoms with Gasteiger partial charge in [0.25, 0.3) is 0 Å². The van der Waals surface area contributed by atoms with Gasteiger partial charge in [-0.1, -0.05) is 6.07 Å². The Kier molecular flexibility index (Phi) is 8.06. The predicted molar refractivity (Wildman–Crippen MR) is 173 cm³/mol. The summed E-state index contributed by atoms with van der Waals surface area (Å²) in [5, 5.41) is 36.1. The van der Waals surface area contributed by atoms with Gasteiger partial charge in [0.15, 0.2) is 23.1 Å². The van der Waals surface area contributed by atoms with Gasteiger partial charge in [0.1, 0.15) is 40.5 Å². The van der Waals surface area contributed by atoms with E-state index in [1.54, 1.807) is 33.9 Å². The molecule has 262 valence electrons. The SMILES string of the molecule is CN[C@@]1(C)C[C@@H](c2ccc3c(c2O)C(=O)c2c(cc(O)c4c(=O)cc([C@@]5(C)O[C@H]5C)oc24)C3=O)O[C@H](C)[C@H]1O[C@@H]1C[C@@H](OC)[C@H](O)[C@H](C)O1. The number of phenolic OH excluding ortho intramolecular Hbond substituents is 2. The van der Waals surface area contributed by atoms with E-state index in [0.29, 0.717) is 12.8 Å². The zero-order chi connectivity index (χ0) is 35.3. The molecule has 10 atom stereocenters. The number of aromatic hydroxyl groups is 2. The number of ketones is 2. The second kappa shape index (κ2) is 11.7. The molecule has 4 aliphatic rings. The molecule has 0 unspecified atom stereocenters. The van der Waals surface area contributed by atoms with Crippen molar-refractivity contribution in [2.45, 2.75) is 108 Å². The number of epoxide rings is 1. The van der Waals surface area contributed by atoms with Crippen molar-refractivity contribution in [2.75, 3.05) is 14.2 Å². The Bertz CT molecular complexity index is 1940. The van der Waals surface area contributed by atoms with Gasteiger partial charge >= 0.3 is 0 Å². The number of carbonyl (C=O) groups excluding carboxylic acids is 2. The highest BCUT2D eigenvalue weighted by Gasteiger charge is 2.54. The first-order valence-corrected chi connectivity index (χ1v) is 16.5. The first kappa shape index (κ1) is 33.8. The highest BCUT2D eigenvalue weighted by molar-refractivity contribution is 6.32. The van der Waals surface area contributed by atoms with Gasteiger partial charge in [0.05, 0.1) is 41.6 Å². The average molecular weight is 680 g/mol. The Morgan fingerprint density at radius 2 is 1.67 bits per heavy atom. The molecule has 13 heteroatoms. The number of carbonyl (C=O) groups is 2. The monoisotopic (exact) mass is 679 g/mol. The van der Waals surface area contributed by atoms with Gasteiger partial charge in [-0.25, -0.2) is 0 Å². The number of nitrogens with one attached hydrogen (secondary N) is 1. The first-order valence-electron chi connectivity index (χ1n) is 16.5. The molecule has 1 aromatic heterocycles. The molecule has 3 aliphatic heterocycles. The van der Waals surface area contributed by atoms with Crippen LogP contribution >= 0.6 is 0 Å². The highest BCUT2D eigenvalue weighted by Crippen LogP contribution is 2.49. The maximum Gasteiger partial charge on any atom is 0.202 e. The lowest BCUT2D eigenvalue weighted by molar-refractivity contribution is -0.293. The van der Waals surface area contributed by atoms with Gasteiger partial charge < -0.3 is 48.7 Å². The van der Waals surface area contributed by atoms with Gasteiger partial charge in [-0.3, -0.25) is 14.4 Å². The van der Waals surface area contributed by atoms with Gasteiger partial charge in [0, 0.05) is 41.8 Å². The number of ether oxygens (including phenoxy) is 5. The minimum Gasteiger partial charge on any atom is -0.507 e. The lowest BCUT2D eigenvalue weighted by atomic mass is 9.78. The molecule has 0 amide bonds. The Hall–Kier alpha value is -3.69. The van der Waals surface area contributed by atoms with Crippen molar-refractivity contribution in [3.8, 4) is 11.5 Å². The normalized spacial score (nSPS) is 35.7. The number of rotatable bonds is 6. The molecule has 4 N–H and O–H groups in total. The number of likely N-dealkylation sites (N-methyl/N-ethyl adjacent to an activating group) is 1. The summed E-state index contributed by atoms with van der Waals surface area (Å²) < 4.78 is 36.0. The molecular formula is C36H41NO12. The average Bonchev–Trinajstić information content (AvgIpc) is 3.69. The molecule has 0 spiro atoms. The van der Waals surface area contributed by atoms with Crippen LogP contribution in [0.5, 0.6) is 11.5 Å². The fourth-order valence-electron chi connectivity index (χ4n) is 7.69. The van der Waals surface area contributed by atoms with Crippen molar-refractivity contribution in [2.24, 2.45) is 0 Å². The topological polar surface area (TPSA) is 187 Å². The van der Waals surface area contributed by atoms with Crippen LogP contribution in [0.3, 0.4) is 0 Å². The molecule has 3 aromatic rings. The maximum atomic E-state index is 14.3. The maximum absolute atomic E-state index is 14.3. The summed E-state index contributed by atoms with van der Waals surface area (Å²) in [6, 6.07) is 5.33. The van der Waals surface area contributed by atoms with E-state index in [-0.39, 0.29) is 50.7 Å². The number of fused-ring (bicyclic) bond motifs is 4. The lowest BCUT2D eigenvalue weighted by Gasteiger charge is -2.49. The van der Waals surface area contributed by atoms with Crippen LogP contribution in [0.15, 0.2) is 33.5 Å². The van der Waals surface area contributed by atoms with Gasteiger partial charge in [-0.05, 0) is 60.2 Å². The zero-order valence-electron chi connectivity index (χ0n) is 28.4. The number of aliphatic hydroxyl groups excluding tert-OH is 1. The summed E-state index contributed by atoms with van der Waals surface area (Å²) in [7, 11) is 3.32. The minimum atomic E-state index is -0.911. The van der Waals surface area contributed by atoms with Crippen LogP contribution in [0.4, 0.5) is 0 Å². The zero-order valence-corrected chi connectivity index (χ0v) is 28.4. The molecule has 0 bridgehead atoms. The predicted octanol–water partition coefficient (Wildman–Crippen LogP) is 3.34. The van der Waals surface area contributed by atoms with E-state index < -0.39 is 82.5 Å². The molecule has 0 radical (unpaired) electrons. The quantitative estimate of drug-likeness (QED) is 0.218. The number of hydrogen-bond donors (Lipinski definition) is 4. The van der Waals surface area contributed by atoms with Crippen molar-refractivity contribution >= 4 is 22.5 Å². The van der Waals surface area contributed by atoms with Crippen LogP contribution in [0.2, 0.25) is 0 Å². The van der Waals surface area contributed by atoms with E-state index in [1.807, 2.05) is 13.8 Å². The summed E-state index contributed by atoms with van der Waals surface area (Å²) in [6.45, 7) is 9.10. The second-order valence-electron chi connectivity index (χ2n) is 14.0. The van der Waals surface area contributed by atoms with Crippen LogP contribution in [-0.4, -0.2) is 89.5 Å². The van der Waals surface area contributed by atoms with Gasteiger partial charge in [0.2, 0.25) is 5.78 Å². The smallest absolute Gasteiger partial charge is 0.202 e. The molecule has 4 heterocycles. The van der Waals surface area contributed by atoms with Crippen LogP contribution < -0.4 is 10.7 Å². The van der Waals surface area contributed by atoms with Crippen LogP contribution in [-0.2, 0) is 29.3 Å². The highest BCUT2D eigenvalue weighted by atomic mass is 16.7. The minimum absolute atomic E-state index is 0.0537. The summed E-state index contributed by atoms with van der Waals surface area (Å²) >= 11 is 0. The van der Waals surface area contributed by atoms with Crippen molar-refractivity contribution in [1.29, 1.82) is 0 Å². The molecule has 2 aromatic carbocycles. The number of aliphatic hydroxyl groups is 1. The Labute approximate surface area is 282 Å². The van der Waals surface area contributed by atoms with Gasteiger partial charge in [-0.2, -0.15) is 0 Å². The van der Waals surface area contributed by atoms with Gasteiger partial charge in [-0.15, -0.1) is 0 Å². The molecule has 13 nitrogen and oxygen atoms in total. The van der Waals surface area contributed by atoms with Crippen molar-refractivity contribution < 1.29 is 53.0 Å². The summed E-state index contributed by atoms with van der Waals surface area (Å²) in [4.78, 5) is 41.3. The first-order chi connectivity index (χ1) is 23.1.